The van der Waals surface area contributed by atoms with Gasteiger partial charge in [0.25, 0.3) is 0 Å². The molecule has 0 N–H and O–H groups in total. The zero-order chi connectivity index (χ0) is 17.6. The monoisotopic (exact) mass is 524 g/mol. The summed E-state index contributed by atoms with van der Waals surface area (Å²) in [5, 5.41) is 0. The molecule has 3 aromatic carbocycles. The molecule has 0 spiro atoms. The summed E-state index contributed by atoms with van der Waals surface area (Å²) in [6.07, 6.45) is 0. The molecule has 0 aliphatic carbocycles. The number of hydrogen-bond donors (Lipinski definition) is 0. The van der Waals surface area contributed by atoms with Crippen LogP contribution in [0, 0.1) is 0 Å². The van der Waals surface area contributed by atoms with Crippen LogP contribution in [0.15, 0.2) is 91.0 Å². The Kier molecular flexibility index (Phi) is 5.62. The van der Waals surface area contributed by atoms with E-state index in [0.29, 0.717) is 16.7 Å². The Morgan fingerprint density at radius 2 is 0.680 bits per heavy atom. The van der Waals surface area contributed by atoms with Crippen molar-refractivity contribution < 1.29 is 14.4 Å². The quantitative estimate of drug-likeness (QED) is 0.462. The first-order chi connectivity index (χ1) is 12.2. The van der Waals surface area contributed by atoms with Gasteiger partial charge in [0, 0.05) is 0 Å². The normalized spacial score (nSPS) is 10.4. The third-order valence-corrected chi connectivity index (χ3v) is 11.4. The summed E-state index contributed by atoms with van der Waals surface area (Å²) in [5.41, 5.74) is 1.32. The Morgan fingerprint density at radius 1 is 0.440 bits per heavy atom. The van der Waals surface area contributed by atoms with Gasteiger partial charge in [-0.05, 0) is 0 Å². The summed E-state index contributed by atoms with van der Waals surface area (Å²) in [5.74, 6) is 0. The van der Waals surface area contributed by atoms with Crippen molar-refractivity contribution in [2.45, 2.75) is 0 Å². The first-order valence-corrected chi connectivity index (χ1v) is 13.0. The Bertz CT molecular complexity index is 768. The van der Waals surface area contributed by atoms with Gasteiger partial charge in [0.15, 0.2) is 0 Å². The molecule has 3 nitrogen and oxygen atoms in total. The molecule has 3 aromatic rings. The molecular weight excluding hydrogens is 509 g/mol. The van der Waals surface area contributed by atoms with Gasteiger partial charge in [-0.15, -0.1) is 0 Å². The van der Waals surface area contributed by atoms with Gasteiger partial charge in [0.05, 0.1) is 0 Å². The van der Waals surface area contributed by atoms with Crippen LogP contribution >= 0.6 is 0 Å². The summed E-state index contributed by atoms with van der Waals surface area (Å²) in [7, 11) is 0. The van der Waals surface area contributed by atoms with Crippen molar-refractivity contribution in [3.8, 4) is 0 Å². The van der Waals surface area contributed by atoms with Gasteiger partial charge in [0.2, 0.25) is 0 Å². The van der Waals surface area contributed by atoms with Gasteiger partial charge in [-0.1, -0.05) is 0 Å². The first-order valence-electron chi connectivity index (χ1n) is 7.77. The van der Waals surface area contributed by atoms with E-state index in [4.69, 9.17) is 0 Å². The average molecular weight is 524 g/mol. The van der Waals surface area contributed by atoms with Crippen LogP contribution in [0.2, 0.25) is 0 Å². The maximum absolute atomic E-state index is 13.0. The zero-order valence-electron chi connectivity index (χ0n) is 13.3. The molecule has 3 rings (SSSR count). The third kappa shape index (κ3) is 3.97. The van der Waals surface area contributed by atoms with Crippen LogP contribution in [0.4, 0.5) is 0 Å². The van der Waals surface area contributed by atoms with Crippen LogP contribution in [-0.4, -0.2) is 32.2 Å². The van der Waals surface area contributed by atoms with Crippen molar-refractivity contribution in [2.24, 2.45) is 0 Å². The van der Waals surface area contributed by atoms with Crippen molar-refractivity contribution >= 4 is 32.2 Å². The van der Waals surface area contributed by atoms with E-state index in [1.165, 1.54) is 0 Å². The van der Waals surface area contributed by atoms with Crippen molar-refractivity contribution in [3.05, 3.63) is 108 Å². The summed E-state index contributed by atoms with van der Waals surface area (Å²) in [4.78, 5) is 39.1. The number of hydrogen-bond acceptors (Lipinski definition) is 3. The maximum atomic E-state index is 13.0. The Hall–Kier alpha value is -2.45. The van der Waals surface area contributed by atoms with E-state index in [2.05, 4.69) is 0 Å². The molecule has 0 fully saturated rings. The molecule has 25 heavy (non-hydrogen) atoms. The van der Waals surface area contributed by atoms with Crippen molar-refractivity contribution in [2.75, 3.05) is 0 Å². The van der Waals surface area contributed by atoms with Gasteiger partial charge < -0.3 is 0 Å². The molecule has 4 heteroatoms. The zero-order valence-corrected chi connectivity index (χ0v) is 16.8. The van der Waals surface area contributed by atoms with E-state index < -0.39 is 21.8 Å². The third-order valence-electron chi connectivity index (χ3n) is 3.67. The predicted octanol–water partition coefficient (Wildman–Crippen LogP) is 3.75. The predicted molar refractivity (Wildman–Crippen MR) is 98.1 cm³/mol. The topological polar surface area (TPSA) is 51.2 Å². The second-order valence-electron chi connectivity index (χ2n) is 5.35. The van der Waals surface area contributed by atoms with Crippen LogP contribution < -0.4 is 0 Å². The van der Waals surface area contributed by atoms with Crippen molar-refractivity contribution in [1.82, 2.24) is 0 Å². The number of rotatable bonds is 6. The van der Waals surface area contributed by atoms with E-state index in [9.17, 15) is 14.4 Å². The molecule has 0 radical (unpaired) electrons. The summed E-state index contributed by atoms with van der Waals surface area (Å²) in [6, 6.07) is 25.9. The number of carbonyl (C=O) groups excluding carboxylic acids is 3. The minimum atomic E-state index is -3.92. The SMILES string of the molecule is O=[C](c1ccccc1)[Bi]([C](=O)c1ccccc1)[C](=O)c1ccccc1. The van der Waals surface area contributed by atoms with Gasteiger partial charge >= 0.3 is 154 Å². The van der Waals surface area contributed by atoms with E-state index >= 15 is 0 Å². The van der Waals surface area contributed by atoms with Crippen molar-refractivity contribution in [3.63, 3.8) is 0 Å². The van der Waals surface area contributed by atoms with Crippen molar-refractivity contribution in [1.29, 1.82) is 0 Å². The Morgan fingerprint density at radius 3 is 0.920 bits per heavy atom. The fourth-order valence-electron chi connectivity index (χ4n) is 2.41. The standard InChI is InChI=1S/3C7H5O.Bi/c3*8-6-7-4-2-1-3-5-7;/h3*1-5H;. The molecule has 0 bridgehead atoms. The Labute approximate surface area is 154 Å². The Balaban J connectivity index is 2.04. The van der Waals surface area contributed by atoms with Crippen LogP contribution in [0.3, 0.4) is 0 Å². The van der Waals surface area contributed by atoms with E-state index in [-0.39, 0.29) is 10.5 Å². The van der Waals surface area contributed by atoms with Crippen LogP contribution in [-0.2, 0) is 0 Å². The van der Waals surface area contributed by atoms with Gasteiger partial charge in [-0.2, -0.15) is 0 Å². The summed E-state index contributed by atoms with van der Waals surface area (Å²) in [6.45, 7) is 0. The molecule has 0 heterocycles. The average Bonchev–Trinajstić information content (AvgIpc) is 2.70. The molecule has 0 aliphatic rings. The fourth-order valence-corrected chi connectivity index (χ4v) is 9.31. The van der Waals surface area contributed by atoms with Crippen LogP contribution in [0.5, 0.6) is 0 Å². The van der Waals surface area contributed by atoms with E-state index in [0.717, 1.165) is 0 Å². The van der Waals surface area contributed by atoms with Crippen LogP contribution in [0.25, 0.3) is 0 Å². The minimum absolute atomic E-state index is 0.279. The second-order valence-corrected chi connectivity index (χ2v) is 12.7. The molecule has 0 aliphatic heterocycles. The molecule has 0 unspecified atom stereocenters. The van der Waals surface area contributed by atoms with Gasteiger partial charge in [-0.25, -0.2) is 0 Å². The molecular formula is C21H15BiO3. The molecule has 122 valence electrons. The molecule has 0 aromatic heterocycles. The fraction of sp³-hybridized carbons (Fsp3) is 0. The molecule has 0 amide bonds. The van der Waals surface area contributed by atoms with Crippen LogP contribution in [0.1, 0.15) is 31.1 Å². The molecule has 0 atom stereocenters. The van der Waals surface area contributed by atoms with Gasteiger partial charge in [-0.3, -0.25) is 0 Å². The number of carbonyl (C=O) groups is 3. The summed E-state index contributed by atoms with van der Waals surface area (Å²) >= 11 is -3.92. The molecule has 0 saturated carbocycles. The first kappa shape index (κ1) is 17.4. The summed E-state index contributed by atoms with van der Waals surface area (Å²) < 4.78 is -0.838. The van der Waals surface area contributed by atoms with Gasteiger partial charge in [0.1, 0.15) is 0 Å². The molecule has 0 saturated heterocycles. The van der Waals surface area contributed by atoms with E-state index in [1.807, 2.05) is 0 Å². The second kappa shape index (κ2) is 8.09. The number of benzene rings is 3. The van der Waals surface area contributed by atoms with E-state index in [1.54, 1.807) is 91.0 Å².